The van der Waals surface area contributed by atoms with Crippen LogP contribution in [0.15, 0.2) is 58.5 Å². The Morgan fingerprint density at radius 1 is 1.20 bits per heavy atom. The summed E-state index contributed by atoms with van der Waals surface area (Å²) in [6.45, 7) is 0. The molecule has 3 rings (SSSR count). The zero-order valence-electron chi connectivity index (χ0n) is 12.9. The van der Waals surface area contributed by atoms with Gasteiger partial charge < -0.3 is 9.64 Å². The number of anilines is 2. The topological polar surface area (TPSA) is 87.5 Å². The summed E-state index contributed by atoms with van der Waals surface area (Å²) in [5.41, 5.74) is 1.04. The molecule has 1 heterocycles. The Labute approximate surface area is 143 Å². The van der Waals surface area contributed by atoms with Gasteiger partial charge in [-0.2, -0.15) is 5.26 Å². The lowest BCUT2D eigenvalue weighted by molar-refractivity contribution is 0.0600. The van der Waals surface area contributed by atoms with Gasteiger partial charge in [0.25, 0.3) is 0 Å². The van der Waals surface area contributed by atoms with E-state index in [1.54, 1.807) is 18.2 Å². The number of nitriles is 1. The summed E-state index contributed by atoms with van der Waals surface area (Å²) in [5.74, 6) is -1.23. The second-order valence-corrected chi connectivity index (χ2v) is 7.02. The number of hydrogen-bond donors (Lipinski definition) is 0. The smallest absolute Gasteiger partial charge is 0.337 e. The van der Waals surface area contributed by atoms with Crippen LogP contribution in [-0.2, 0) is 14.6 Å². The SMILES string of the molecule is COC(=O)c1ccc(N2C=C(C#N)S(=O)(=O)c3cc(F)ccc32)cc1. The van der Waals surface area contributed by atoms with Crippen molar-refractivity contribution in [1.82, 2.24) is 0 Å². The van der Waals surface area contributed by atoms with Crippen molar-refractivity contribution in [1.29, 1.82) is 5.26 Å². The van der Waals surface area contributed by atoms with Crippen LogP contribution in [0.2, 0.25) is 0 Å². The third-order valence-electron chi connectivity index (χ3n) is 3.68. The standard InChI is InChI=1S/C17H11FN2O4S/c1-24-17(21)11-2-5-13(6-3-11)20-10-14(9-19)25(22,23)16-8-12(18)4-7-15(16)20/h2-8,10H,1H3. The van der Waals surface area contributed by atoms with Crippen molar-refractivity contribution < 1.29 is 22.3 Å². The van der Waals surface area contributed by atoms with Crippen molar-refractivity contribution >= 4 is 27.2 Å². The molecule has 0 spiro atoms. The maximum absolute atomic E-state index is 13.5. The summed E-state index contributed by atoms with van der Waals surface area (Å²) in [7, 11) is -2.82. The van der Waals surface area contributed by atoms with Crippen LogP contribution in [0, 0.1) is 17.1 Å². The lowest BCUT2D eigenvalue weighted by Crippen LogP contribution is -2.21. The highest BCUT2D eigenvalue weighted by molar-refractivity contribution is 7.95. The first-order valence-corrected chi connectivity index (χ1v) is 8.51. The van der Waals surface area contributed by atoms with Crippen molar-refractivity contribution in [2.24, 2.45) is 0 Å². The number of halogens is 1. The molecule has 0 amide bonds. The van der Waals surface area contributed by atoms with Crippen molar-refractivity contribution in [2.45, 2.75) is 4.90 Å². The summed E-state index contributed by atoms with van der Waals surface area (Å²) >= 11 is 0. The number of sulfone groups is 1. The highest BCUT2D eigenvalue weighted by atomic mass is 32.2. The van der Waals surface area contributed by atoms with E-state index in [1.165, 1.54) is 36.4 Å². The zero-order valence-corrected chi connectivity index (χ0v) is 13.7. The molecule has 0 N–H and O–H groups in total. The molecule has 1 aliphatic rings. The molecule has 0 aromatic heterocycles. The van der Waals surface area contributed by atoms with Crippen molar-refractivity contribution in [3.8, 4) is 6.07 Å². The number of ether oxygens (including phenoxy) is 1. The highest BCUT2D eigenvalue weighted by Crippen LogP contribution is 2.39. The van der Waals surface area contributed by atoms with Crippen LogP contribution >= 0.6 is 0 Å². The molecule has 1 aliphatic heterocycles. The van der Waals surface area contributed by atoms with E-state index < -0.39 is 26.5 Å². The predicted molar refractivity (Wildman–Crippen MR) is 87.2 cm³/mol. The number of carbonyl (C=O) groups is 1. The van der Waals surface area contributed by atoms with Gasteiger partial charge in [-0.05, 0) is 42.5 Å². The van der Waals surface area contributed by atoms with Crippen molar-refractivity contribution in [3.63, 3.8) is 0 Å². The van der Waals surface area contributed by atoms with Gasteiger partial charge in [-0.25, -0.2) is 17.6 Å². The van der Waals surface area contributed by atoms with Crippen LogP contribution in [0.4, 0.5) is 15.8 Å². The second-order valence-electron chi connectivity index (χ2n) is 5.13. The quantitative estimate of drug-likeness (QED) is 0.767. The van der Waals surface area contributed by atoms with E-state index in [2.05, 4.69) is 4.74 Å². The first kappa shape index (κ1) is 16.7. The van der Waals surface area contributed by atoms with E-state index in [9.17, 15) is 17.6 Å². The second kappa shape index (κ2) is 6.03. The van der Waals surface area contributed by atoms with Crippen LogP contribution in [0.1, 0.15) is 10.4 Å². The third kappa shape index (κ3) is 2.75. The minimum Gasteiger partial charge on any atom is -0.465 e. The van der Waals surface area contributed by atoms with Crippen LogP contribution in [0.25, 0.3) is 0 Å². The van der Waals surface area contributed by atoms with Gasteiger partial charge in [-0.15, -0.1) is 0 Å². The summed E-state index contributed by atoms with van der Waals surface area (Å²) in [6.07, 6.45) is 1.17. The van der Waals surface area contributed by atoms with Gasteiger partial charge in [-0.3, -0.25) is 0 Å². The molecule has 2 aromatic rings. The summed E-state index contributed by atoms with van der Waals surface area (Å²) in [4.78, 5) is 12.2. The van der Waals surface area contributed by atoms with Crippen LogP contribution in [-0.4, -0.2) is 21.5 Å². The fourth-order valence-corrected chi connectivity index (χ4v) is 3.77. The Hall–Kier alpha value is -3.18. The number of benzene rings is 2. The van der Waals surface area contributed by atoms with Gasteiger partial charge in [0.15, 0.2) is 4.91 Å². The van der Waals surface area contributed by atoms with Gasteiger partial charge in [0.1, 0.15) is 11.9 Å². The van der Waals surface area contributed by atoms with Gasteiger partial charge in [0, 0.05) is 11.9 Å². The van der Waals surface area contributed by atoms with Crippen molar-refractivity contribution in [3.05, 3.63) is 65.0 Å². The van der Waals surface area contributed by atoms with Gasteiger partial charge in [0.2, 0.25) is 9.84 Å². The molecule has 0 radical (unpaired) electrons. The van der Waals surface area contributed by atoms with Crippen LogP contribution in [0.5, 0.6) is 0 Å². The Morgan fingerprint density at radius 3 is 2.48 bits per heavy atom. The molecule has 0 fully saturated rings. The van der Waals surface area contributed by atoms with Gasteiger partial charge in [-0.1, -0.05) is 0 Å². The largest absolute Gasteiger partial charge is 0.465 e. The molecular formula is C17H11FN2O4S. The predicted octanol–water partition coefficient (Wildman–Crippen LogP) is 2.90. The number of hydrogen-bond acceptors (Lipinski definition) is 6. The first-order valence-electron chi connectivity index (χ1n) is 7.02. The average Bonchev–Trinajstić information content (AvgIpc) is 2.62. The maximum Gasteiger partial charge on any atom is 0.337 e. The molecule has 0 saturated carbocycles. The van der Waals surface area contributed by atoms with E-state index in [1.807, 2.05) is 0 Å². The Kier molecular flexibility index (Phi) is 4.02. The monoisotopic (exact) mass is 358 g/mol. The Balaban J connectivity index is 2.17. The molecule has 0 bridgehead atoms. The molecule has 25 heavy (non-hydrogen) atoms. The molecule has 0 atom stereocenters. The molecule has 0 saturated heterocycles. The Bertz CT molecular complexity index is 1040. The molecular weight excluding hydrogens is 347 g/mol. The summed E-state index contributed by atoms with van der Waals surface area (Å²) < 4.78 is 43.0. The molecule has 2 aromatic carbocycles. The Morgan fingerprint density at radius 2 is 1.88 bits per heavy atom. The fraction of sp³-hybridized carbons (Fsp3) is 0.0588. The number of carbonyl (C=O) groups excluding carboxylic acids is 1. The van der Waals surface area contributed by atoms with E-state index in [4.69, 9.17) is 5.26 Å². The molecule has 0 unspecified atom stereocenters. The maximum atomic E-state index is 13.5. The number of nitrogens with zero attached hydrogens (tertiary/aromatic N) is 2. The van der Waals surface area contributed by atoms with E-state index in [-0.39, 0.29) is 10.6 Å². The average molecular weight is 358 g/mol. The first-order chi connectivity index (χ1) is 11.9. The van der Waals surface area contributed by atoms with Gasteiger partial charge in [0.05, 0.1) is 23.3 Å². The molecule has 126 valence electrons. The highest BCUT2D eigenvalue weighted by Gasteiger charge is 2.32. The fourth-order valence-electron chi connectivity index (χ4n) is 2.46. The van der Waals surface area contributed by atoms with E-state index in [0.29, 0.717) is 11.3 Å². The number of rotatable bonds is 2. The molecule has 6 nitrogen and oxygen atoms in total. The van der Waals surface area contributed by atoms with Crippen LogP contribution in [0.3, 0.4) is 0 Å². The zero-order chi connectivity index (χ0) is 18.2. The number of fused-ring (bicyclic) bond motifs is 1. The van der Waals surface area contributed by atoms with E-state index >= 15 is 0 Å². The minimum atomic E-state index is -4.08. The number of allylic oxidation sites excluding steroid dienone is 1. The lowest BCUT2D eigenvalue weighted by atomic mass is 10.2. The number of methoxy groups -OCH3 is 1. The van der Waals surface area contributed by atoms with Gasteiger partial charge >= 0.3 is 5.97 Å². The van der Waals surface area contributed by atoms with Crippen LogP contribution < -0.4 is 4.90 Å². The molecule has 0 aliphatic carbocycles. The minimum absolute atomic E-state index is 0.214. The number of esters is 1. The van der Waals surface area contributed by atoms with Crippen molar-refractivity contribution in [2.75, 3.05) is 12.0 Å². The lowest BCUT2D eigenvalue weighted by Gasteiger charge is -2.27. The van der Waals surface area contributed by atoms with E-state index in [0.717, 1.165) is 12.1 Å². The summed E-state index contributed by atoms with van der Waals surface area (Å²) in [5, 5.41) is 9.16. The third-order valence-corrected chi connectivity index (χ3v) is 5.37. The summed E-state index contributed by atoms with van der Waals surface area (Å²) in [6, 6.07) is 11.1. The molecule has 8 heteroatoms. The normalized spacial score (nSPS) is 14.9.